The summed E-state index contributed by atoms with van der Waals surface area (Å²) in [6, 6.07) is 7.50. The van der Waals surface area contributed by atoms with Crippen molar-refractivity contribution < 1.29 is 24.0 Å². The third-order valence-electron chi connectivity index (χ3n) is 5.30. The summed E-state index contributed by atoms with van der Waals surface area (Å²) in [6.45, 7) is 0. The van der Waals surface area contributed by atoms with Crippen molar-refractivity contribution in [3.05, 3.63) is 36.1 Å². The van der Waals surface area contributed by atoms with Gasteiger partial charge < -0.3 is 24.1 Å². The van der Waals surface area contributed by atoms with Gasteiger partial charge in [0.05, 0.1) is 30.5 Å². The van der Waals surface area contributed by atoms with Crippen molar-refractivity contribution in [2.45, 2.75) is 49.9 Å². The van der Waals surface area contributed by atoms with Crippen LogP contribution in [0.4, 0.5) is 0 Å². The first kappa shape index (κ1) is 15.7. The molecule has 2 aliphatic rings. The van der Waals surface area contributed by atoms with Gasteiger partial charge in [0.15, 0.2) is 0 Å². The molecule has 0 aliphatic carbocycles. The maximum atomic E-state index is 11.7. The Balaban J connectivity index is 1.60. The van der Waals surface area contributed by atoms with Gasteiger partial charge in [0.25, 0.3) is 0 Å². The molecule has 2 aliphatic heterocycles. The predicted molar refractivity (Wildman–Crippen MR) is 88.1 cm³/mol. The minimum atomic E-state index is -1.62. The van der Waals surface area contributed by atoms with Gasteiger partial charge in [0.1, 0.15) is 5.58 Å². The van der Waals surface area contributed by atoms with E-state index < -0.39 is 13.1 Å². The molecule has 2 bridgehead atoms. The van der Waals surface area contributed by atoms with Crippen LogP contribution in [-0.4, -0.2) is 52.7 Å². The molecule has 0 radical (unpaired) electrons. The Morgan fingerprint density at radius 3 is 2.83 bits per heavy atom. The Morgan fingerprint density at radius 1 is 1.33 bits per heavy atom. The summed E-state index contributed by atoms with van der Waals surface area (Å²) in [6.07, 6.45) is 5.56. The average Bonchev–Trinajstić information content (AvgIpc) is 3.30. The van der Waals surface area contributed by atoms with Crippen LogP contribution >= 0.6 is 0 Å². The normalized spacial score (nSPS) is 26.7. The fourth-order valence-corrected chi connectivity index (χ4v) is 4.11. The Kier molecular flexibility index (Phi) is 4.08. The number of carbonyl (C=O) groups excluding carboxylic acids is 1. The summed E-state index contributed by atoms with van der Waals surface area (Å²) in [4.78, 5) is 13.3. The van der Waals surface area contributed by atoms with Gasteiger partial charge in [-0.2, -0.15) is 0 Å². The SMILES string of the molecule is O=CN([C@H](Cc1coc2ccccc12)B(O)O)[C@@H]1C[C@H]2CC[C@@H]1O2. The zero-order valence-electron chi connectivity index (χ0n) is 13.2. The summed E-state index contributed by atoms with van der Waals surface area (Å²) >= 11 is 0. The number of carbonyl (C=O) groups is 1. The molecule has 126 valence electrons. The van der Waals surface area contributed by atoms with Gasteiger partial charge >= 0.3 is 7.12 Å². The zero-order chi connectivity index (χ0) is 16.7. The molecule has 24 heavy (non-hydrogen) atoms. The van der Waals surface area contributed by atoms with Crippen molar-refractivity contribution in [2.24, 2.45) is 0 Å². The molecule has 2 aromatic rings. The maximum Gasteiger partial charge on any atom is 0.476 e. The highest BCUT2D eigenvalue weighted by molar-refractivity contribution is 6.43. The molecule has 4 rings (SSSR count). The first-order valence-corrected chi connectivity index (χ1v) is 8.37. The summed E-state index contributed by atoms with van der Waals surface area (Å²) in [5.41, 5.74) is 1.61. The van der Waals surface area contributed by atoms with Gasteiger partial charge in [-0.25, -0.2) is 0 Å². The van der Waals surface area contributed by atoms with E-state index in [1.165, 1.54) is 4.90 Å². The van der Waals surface area contributed by atoms with Crippen LogP contribution in [0.1, 0.15) is 24.8 Å². The number of para-hydroxylation sites is 1. The van der Waals surface area contributed by atoms with Crippen molar-refractivity contribution in [1.29, 1.82) is 0 Å². The highest BCUT2D eigenvalue weighted by Gasteiger charge is 2.46. The fraction of sp³-hybridized carbons (Fsp3) is 0.471. The molecule has 0 spiro atoms. The smallest absolute Gasteiger partial charge is 0.464 e. The summed E-state index contributed by atoms with van der Waals surface area (Å²) in [7, 11) is -1.62. The molecule has 2 saturated heterocycles. The summed E-state index contributed by atoms with van der Waals surface area (Å²) < 4.78 is 11.3. The zero-order valence-corrected chi connectivity index (χ0v) is 13.2. The Hall–Kier alpha value is -1.83. The van der Waals surface area contributed by atoms with Crippen molar-refractivity contribution in [3.63, 3.8) is 0 Å². The molecule has 1 aromatic heterocycles. The van der Waals surface area contributed by atoms with Gasteiger partial charge in [-0.1, -0.05) is 18.2 Å². The first-order chi connectivity index (χ1) is 11.7. The van der Waals surface area contributed by atoms with E-state index in [-0.39, 0.29) is 18.2 Å². The highest BCUT2D eigenvalue weighted by atomic mass is 16.5. The molecule has 1 amide bonds. The van der Waals surface area contributed by atoms with Crippen LogP contribution in [0.5, 0.6) is 0 Å². The maximum absolute atomic E-state index is 11.7. The van der Waals surface area contributed by atoms with Gasteiger partial charge in [-0.05, 0) is 37.3 Å². The minimum absolute atomic E-state index is 0.00236. The van der Waals surface area contributed by atoms with E-state index in [0.29, 0.717) is 6.42 Å². The summed E-state index contributed by atoms with van der Waals surface area (Å²) in [5, 5.41) is 20.7. The lowest BCUT2D eigenvalue weighted by molar-refractivity contribution is -0.122. The Morgan fingerprint density at radius 2 is 2.17 bits per heavy atom. The molecule has 0 unspecified atom stereocenters. The highest BCUT2D eigenvalue weighted by Crippen LogP contribution is 2.38. The fourth-order valence-electron chi connectivity index (χ4n) is 4.11. The second-order valence-electron chi connectivity index (χ2n) is 6.67. The number of benzene rings is 1. The lowest BCUT2D eigenvalue weighted by Gasteiger charge is -2.35. The molecule has 4 atom stereocenters. The van der Waals surface area contributed by atoms with Crippen LogP contribution < -0.4 is 0 Å². The molecular weight excluding hydrogens is 309 g/mol. The van der Waals surface area contributed by atoms with Crippen LogP contribution in [-0.2, 0) is 16.0 Å². The number of hydrogen-bond donors (Lipinski definition) is 2. The van der Waals surface area contributed by atoms with Gasteiger partial charge in [-0.15, -0.1) is 0 Å². The molecule has 1 aromatic carbocycles. The van der Waals surface area contributed by atoms with Crippen molar-refractivity contribution in [2.75, 3.05) is 0 Å². The predicted octanol–water partition coefficient (Wildman–Crippen LogP) is 1.13. The van der Waals surface area contributed by atoms with Crippen LogP contribution in [0.3, 0.4) is 0 Å². The number of rotatable bonds is 6. The largest absolute Gasteiger partial charge is 0.476 e. The molecule has 3 heterocycles. The topological polar surface area (TPSA) is 83.1 Å². The minimum Gasteiger partial charge on any atom is -0.464 e. The molecule has 2 N–H and O–H groups in total. The Bertz CT molecular complexity index is 733. The van der Waals surface area contributed by atoms with E-state index >= 15 is 0 Å². The quantitative estimate of drug-likeness (QED) is 0.613. The Labute approximate surface area is 140 Å². The summed E-state index contributed by atoms with van der Waals surface area (Å²) in [5.74, 6) is -0.726. The van der Waals surface area contributed by atoms with Crippen LogP contribution in [0.15, 0.2) is 34.9 Å². The van der Waals surface area contributed by atoms with E-state index in [4.69, 9.17) is 9.15 Å². The number of hydrogen-bond acceptors (Lipinski definition) is 5. The van der Waals surface area contributed by atoms with E-state index in [1.807, 2.05) is 24.3 Å². The van der Waals surface area contributed by atoms with E-state index in [1.54, 1.807) is 6.26 Å². The number of amides is 1. The number of fused-ring (bicyclic) bond motifs is 3. The number of furan rings is 1. The standard InChI is InChI=1S/C17H20BNO5/c20-10-19(14-8-12-5-6-16(14)24-12)17(18(21)22)7-11-9-23-15-4-2-1-3-13(11)15/h1-4,9-10,12,14,16-17,21-22H,5-8H2/t12-,14-,16+,17-/m1/s1. The lowest BCUT2D eigenvalue weighted by atomic mass is 9.73. The third-order valence-corrected chi connectivity index (χ3v) is 5.30. The second kappa shape index (κ2) is 6.24. The van der Waals surface area contributed by atoms with Gasteiger partial charge in [0, 0.05) is 5.39 Å². The first-order valence-electron chi connectivity index (χ1n) is 8.37. The van der Waals surface area contributed by atoms with E-state index in [2.05, 4.69) is 0 Å². The average molecular weight is 329 g/mol. The van der Waals surface area contributed by atoms with Crippen molar-refractivity contribution >= 4 is 24.5 Å². The second-order valence-corrected chi connectivity index (χ2v) is 6.67. The molecular formula is C17H20BNO5. The van der Waals surface area contributed by atoms with Gasteiger partial charge in [-0.3, -0.25) is 4.79 Å². The van der Waals surface area contributed by atoms with Crippen molar-refractivity contribution in [1.82, 2.24) is 4.90 Å². The number of ether oxygens (including phenoxy) is 1. The van der Waals surface area contributed by atoms with E-state index in [0.717, 1.165) is 42.2 Å². The van der Waals surface area contributed by atoms with Crippen molar-refractivity contribution in [3.8, 4) is 0 Å². The van der Waals surface area contributed by atoms with Crippen LogP contribution in [0, 0.1) is 0 Å². The monoisotopic (exact) mass is 329 g/mol. The number of nitrogens with zero attached hydrogens (tertiary/aromatic N) is 1. The molecule has 0 saturated carbocycles. The molecule has 6 nitrogen and oxygen atoms in total. The molecule has 7 heteroatoms. The molecule has 2 fully saturated rings. The third kappa shape index (κ3) is 2.62. The lowest BCUT2D eigenvalue weighted by Crippen LogP contribution is -2.54. The van der Waals surface area contributed by atoms with E-state index in [9.17, 15) is 14.8 Å². The van der Waals surface area contributed by atoms with Gasteiger partial charge in [0.2, 0.25) is 6.41 Å². The van der Waals surface area contributed by atoms with Crippen LogP contribution in [0.25, 0.3) is 11.0 Å². The van der Waals surface area contributed by atoms with Crippen LogP contribution in [0.2, 0.25) is 0 Å².